The van der Waals surface area contributed by atoms with Crippen molar-refractivity contribution in [2.75, 3.05) is 31.2 Å². The van der Waals surface area contributed by atoms with E-state index >= 15 is 0 Å². The summed E-state index contributed by atoms with van der Waals surface area (Å²) in [5, 5.41) is 2.99. The van der Waals surface area contributed by atoms with Gasteiger partial charge in [0.25, 0.3) is 0 Å². The number of hydrogen-bond donors (Lipinski definition) is 1. The van der Waals surface area contributed by atoms with Crippen molar-refractivity contribution in [3.63, 3.8) is 0 Å². The van der Waals surface area contributed by atoms with Gasteiger partial charge in [0.15, 0.2) is 0 Å². The number of carbonyl (C=O) groups excluding carboxylic acids is 1. The normalized spacial score (nSPS) is 15.2. The summed E-state index contributed by atoms with van der Waals surface area (Å²) in [5.74, 6) is 0.855. The first kappa shape index (κ1) is 21.0. The molecule has 0 radical (unpaired) electrons. The predicted octanol–water partition coefficient (Wildman–Crippen LogP) is 2.65. The average Bonchev–Trinajstić information content (AvgIpc) is 2.71. The van der Waals surface area contributed by atoms with Crippen LogP contribution in [-0.4, -0.2) is 55.3 Å². The van der Waals surface area contributed by atoms with Gasteiger partial charge < -0.3 is 15.0 Å². The number of rotatable bonds is 6. The minimum Gasteiger partial charge on any atom is -0.445 e. The van der Waals surface area contributed by atoms with Crippen LogP contribution in [0.3, 0.4) is 0 Å². The largest absolute Gasteiger partial charge is 0.445 e. The smallest absolute Gasteiger partial charge is 0.410 e. The highest BCUT2D eigenvalue weighted by atomic mass is 32.2. The molecule has 2 aromatic rings. The summed E-state index contributed by atoms with van der Waals surface area (Å²) in [6.45, 7) is 4.22. The number of aromatic nitrogens is 2. The van der Waals surface area contributed by atoms with Gasteiger partial charge in [0, 0.05) is 32.1 Å². The number of piperidine rings is 1. The zero-order valence-corrected chi connectivity index (χ0v) is 17.5. The quantitative estimate of drug-likeness (QED) is 0.720. The molecule has 1 fully saturated rings. The minimum absolute atomic E-state index is 0.186. The Labute approximate surface area is 171 Å². The van der Waals surface area contributed by atoms with Crippen molar-refractivity contribution >= 4 is 21.7 Å². The molecule has 0 spiro atoms. The second-order valence-corrected chi connectivity index (χ2v) is 9.26. The lowest BCUT2D eigenvalue weighted by atomic mass is 9.97. The fraction of sp³-hybridized carbons (Fsp3) is 0.450. The highest BCUT2D eigenvalue weighted by Gasteiger charge is 2.24. The molecule has 0 unspecified atom stereocenters. The van der Waals surface area contributed by atoms with Gasteiger partial charge in [0.1, 0.15) is 12.4 Å². The van der Waals surface area contributed by atoms with E-state index in [9.17, 15) is 13.2 Å². The molecule has 29 heavy (non-hydrogen) atoms. The lowest BCUT2D eigenvalue weighted by Crippen LogP contribution is -2.40. The Morgan fingerprint density at radius 3 is 2.55 bits per heavy atom. The number of sulfone groups is 1. The summed E-state index contributed by atoms with van der Waals surface area (Å²) >= 11 is 0. The molecule has 1 aliphatic heterocycles. The summed E-state index contributed by atoms with van der Waals surface area (Å²) in [5.41, 5.74) is 2.15. The predicted molar refractivity (Wildman–Crippen MR) is 109 cm³/mol. The van der Waals surface area contributed by atoms with Gasteiger partial charge in [-0.3, -0.25) is 0 Å². The molecule has 0 atom stereocenters. The molecular weight excluding hydrogens is 392 g/mol. The van der Waals surface area contributed by atoms with Gasteiger partial charge in [0.05, 0.1) is 0 Å². The molecule has 1 amide bonds. The lowest BCUT2D eigenvalue weighted by molar-refractivity contribution is 0.0832. The van der Waals surface area contributed by atoms with Crippen molar-refractivity contribution in [3.8, 4) is 0 Å². The zero-order valence-electron chi connectivity index (χ0n) is 16.7. The van der Waals surface area contributed by atoms with Gasteiger partial charge >= 0.3 is 6.09 Å². The molecule has 1 aliphatic rings. The second kappa shape index (κ2) is 9.21. The van der Waals surface area contributed by atoms with Gasteiger partial charge in [-0.15, -0.1) is 0 Å². The molecule has 9 heteroatoms. The molecule has 156 valence electrons. The van der Waals surface area contributed by atoms with Crippen LogP contribution in [0.15, 0.2) is 41.7 Å². The van der Waals surface area contributed by atoms with Crippen LogP contribution >= 0.6 is 0 Å². The maximum atomic E-state index is 12.3. The first-order valence-corrected chi connectivity index (χ1v) is 11.4. The van der Waals surface area contributed by atoms with Gasteiger partial charge in [-0.1, -0.05) is 29.8 Å². The van der Waals surface area contributed by atoms with E-state index in [1.807, 2.05) is 31.2 Å². The molecule has 0 bridgehead atoms. The number of amides is 1. The number of likely N-dealkylation sites (tertiary alicyclic amines) is 1. The van der Waals surface area contributed by atoms with E-state index in [0.29, 0.717) is 31.4 Å². The van der Waals surface area contributed by atoms with E-state index in [2.05, 4.69) is 15.3 Å². The Morgan fingerprint density at radius 2 is 1.90 bits per heavy atom. The first-order chi connectivity index (χ1) is 13.8. The van der Waals surface area contributed by atoms with Gasteiger partial charge in [-0.2, -0.15) is 0 Å². The molecule has 3 rings (SSSR count). The maximum absolute atomic E-state index is 12.3. The molecule has 8 nitrogen and oxygen atoms in total. The van der Waals surface area contributed by atoms with E-state index in [1.54, 1.807) is 11.0 Å². The Balaban J connectivity index is 1.42. The summed E-state index contributed by atoms with van der Waals surface area (Å²) in [7, 11) is -3.43. The van der Waals surface area contributed by atoms with Crippen molar-refractivity contribution in [2.24, 2.45) is 5.92 Å². The lowest BCUT2D eigenvalue weighted by Gasteiger charge is -2.31. The van der Waals surface area contributed by atoms with E-state index < -0.39 is 9.84 Å². The van der Waals surface area contributed by atoms with Gasteiger partial charge in [-0.05, 0) is 37.3 Å². The third kappa shape index (κ3) is 6.15. The number of benzene rings is 1. The van der Waals surface area contributed by atoms with Crippen molar-refractivity contribution in [1.82, 2.24) is 14.9 Å². The van der Waals surface area contributed by atoms with E-state index in [4.69, 9.17) is 4.74 Å². The Bertz CT molecular complexity index is 939. The molecule has 0 aliphatic carbocycles. The number of aryl methyl sites for hydroxylation is 1. The number of nitrogens with zero attached hydrogens (tertiary/aromatic N) is 3. The summed E-state index contributed by atoms with van der Waals surface area (Å²) in [4.78, 5) is 21.8. The van der Waals surface area contributed by atoms with Crippen LogP contribution in [0.2, 0.25) is 0 Å². The Morgan fingerprint density at radius 1 is 1.21 bits per heavy atom. The minimum atomic E-state index is -3.43. The Hall–Kier alpha value is -2.68. The Kier molecular flexibility index (Phi) is 6.68. The van der Waals surface area contributed by atoms with Crippen LogP contribution in [0, 0.1) is 12.8 Å². The topological polar surface area (TPSA) is 101 Å². The number of carbonyl (C=O) groups is 1. The molecule has 2 heterocycles. The number of anilines is 1. The fourth-order valence-corrected chi connectivity index (χ4v) is 3.62. The fourth-order valence-electron chi connectivity index (χ4n) is 3.11. The van der Waals surface area contributed by atoms with Crippen LogP contribution < -0.4 is 5.32 Å². The van der Waals surface area contributed by atoms with Gasteiger partial charge in [-0.25, -0.2) is 23.2 Å². The number of nitrogens with one attached hydrogen (secondary N) is 1. The monoisotopic (exact) mass is 418 g/mol. The third-order valence-electron chi connectivity index (χ3n) is 4.89. The molecular formula is C20H26N4O4S. The molecule has 1 saturated heterocycles. The van der Waals surface area contributed by atoms with E-state index in [-0.39, 0.29) is 17.9 Å². The summed E-state index contributed by atoms with van der Waals surface area (Å²) < 4.78 is 28.5. The summed E-state index contributed by atoms with van der Waals surface area (Å²) in [6, 6.07) is 9.56. The van der Waals surface area contributed by atoms with Crippen LogP contribution in [0.4, 0.5) is 10.6 Å². The van der Waals surface area contributed by atoms with Crippen LogP contribution in [0.5, 0.6) is 0 Å². The maximum Gasteiger partial charge on any atom is 0.410 e. The standard InChI is InChI=1S/C20H26N4O4S/c1-15-3-5-17(6-4-15)14-28-20(25)24-11-8-16(9-12-24)13-22-18-7-10-21-19(23-18)29(2,26)27/h3-7,10,16H,8-9,11-14H2,1-2H3,(H,21,22,23). The van der Waals surface area contributed by atoms with E-state index in [1.165, 1.54) is 11.8 Å². The number of hydrogen-bond acceptors (Lipinski definition) is 7. The summed E-state index contributed by atoms with van der Waals surface area (Å²) in [6.07, 6.45) is 3.91. The highest BCUT2D eigenvalue weighted by molar-refractivity contribution is 7.90. The molecule has 0 saturated carbocycles. The second-order valence-electron chi connectivity index (χ2n) is 7.35. The van der Waals surface area contributed by atoms with Crippen molar-refractivity contribution in [2.45, 2.75) is 31.5 Å². The molecule has 1 N–H and O–H groups in total. The average molecular weight is 419 g/mol. The SMILES string of the molecule is Cc1ccc(COC(=O)N2CCC(CNc3ccnc(S(C)(=O)=O)n3)CC2)cc1. The molecule has 1 aromatic carbocycles. The van der Waals surface area contributed by atoms with Crippen LogP contribution in [0.25, 0.3) is 0 Å². The van der Waals surface area contributed by atoms with Crippen molar-refractivity contribution in [1.29, 1.82) is 0 Å². The number of ether oxygens (including phenoxy) is 1. The van der Waals surface area contributed by atoms with Crippen LogP contribution in [-0.2, 0) is 21.2 Å². The third-order valence-corrected chi connectivity index (χ3v) is 5.75. The zero-order chi connectivity index (χ0) is 20.9. The van der Waals surface area contributed by atoms with Crippen molar-refractivity contribution in [3.05, 3.63) is 47.7 Å². The van der Waals surface area contributed by atoms with E-state index in [0.717, 1.165) is 24.7 Å². The van der Waals surface area contributed by atoms with Gasteiger partial charge in [0.2, 0.25) is 15.0 Å². The first-order valence-electron chi connectivity index (χ1n) is 9.55. The van der Waals surface area contributed by atoms with Crippen molar-refractivity contribution < 1.29 is 17.9 Å². The highest BCUT2D eigenvalue weighted by Crippen LogP contribution is 2.19. The van der Waals surface area contributed by atoms with Crippen LogP contribution in [0.1, 0.15) is 24.0 Å². The molecule has 1 aromatic heterocycles.